The average Bonchev–Trinajstić information content (AvgIpc) is 2.75. The van der Waals surface area contributed by atoms with Crippen molar-refractivity contribution in [3.8, 4) is 0 Å². The van der Waals surface area contributed by atoms with Gasteiger partial charge in [0, 0.05) is 12.6 Å². The molecule has 0 aromatic carbocycles. The minimum Gasteiger partial charge on any atom is -0.368 e. The van der Waals surface area contributed by atoms with Crippen LogP contribution in [0, 0.1) is 5.92 Å². The van der Waals surface area contributed by atoms with Crippen LogP contribution in [-0.2, 0) is 9.53 Å². The minimum absolute atomic E-state index is 0.113. The summed E-state index contributed by atoms with van der Waals surface area (Å²) in [5.41, 5.74) is 0. The van der Waals surface area contributed by atoms with E-state index in [0.717, 1.165) is 38.2 Å². The fraction of sp³-hybridized carbons (Fsp3) is 0.909. The molecule has 1 saturated carbocycles. The van der Waals surface area contributed by atoms with Gasteiger partial charge >= 0.3 is 0 Å². The summed E-state index contributed by atoms with van der Waals surface area (Å²) in [7, 11) is 0. The third-order valence-corrected chi connectivity index (χ3v) is 3.26. The van der Waals surface area contributed by atoms with Crippen LogP contribution in [0.2, 0.25) is 0 Å². The van der Waals surface area contributed by atoms with Crippen LogP contribution < -0.4 is 5.32 Å². The van der Waals surface area contributed by atoms with E-state index in [1.165, 1.54) is 6.42 Å². The molecule has 0 radical (unpaired) electrons. The van der Waals surface area contributed by atoms with Gasteiger partial charge in [0.15, 0.2) is 0 Å². The summed E-state index contributed by atoms with van der Waals surface area (Å²) in [5, 5.41) is 3.09. The number of rotatable bonds is 2. The number of hydrogen-bond donors (Lipinski definition) is 1. The summed E-state index contributed by atoms with van der Waals surface area (Å²) in [6.07, 6.45) is 5.29. The van der Waals surface area contributed by atoms with E-state index in [2.05, 4.69) is 12.2 Å². The molecule has 1 unspecified atom stereocenters. The van der Waals surface area contributed by atoms with Gasteiger partial charge in [-0.2, -0.15) is 0 Å². The zero-order valence-electron chi connectivity index (χ0n) is 8.79. The van der Waals surface area contributed by atoms with Crippen molar-refractivity contribution >= 4 is 5.91 Å². The molecule has 2 fully saturated rings. The van der Waals surface area contributed by atoms with Crippen LogP contribution in [-0.4, -0.2) is 24.7 Å². The number of ether oxygens (including phenoxy) is 1. The molecule has 80 valence electrons. The van der Waals surface area contributed by atoms with Gasteiger partial charge in [0.2, 0.25) is 5.91 Å². The first-order valence-corrected chi connectivity index (χ1v) is 5.67. The number of hydrogen-bond acceptors (Lipinski definition) is 2. The van der Waals surface area contributed by atoms with Crippen molar-refractivity contribution in [3.63, 3.8) is 0 Å². The Kier molecular flexibility index (Phi) is 3.06. The molecule has 2 aliphatic rings. The Labute approximate surface area is 85.2 Å². The van der Waals surface area contributed by atoms with Gasteiger partial charge in [-0.05, 0) is 38.0 Å². The summed E-state index contributed by atoms with van der Waals surface area (Å²) < 4.78 is 5.34. The van der Waals surface area contributed by atoms with Crippen LogP contribution in [0.4, 0.5) is 0 Å². The Morgan fingerprint density at radius 1 is 1.36 bits per heavy atom. The molecule has 1 saturated heterocycles. The number of nitrogens with one attached hydrogen (secondary N) is 1. The van der Waals surface area contributed by atoms with Crippen LogP contribution in [0.15, 0.2) is 0 Å². The molecule has 1 amide bonds. The summed E-state index contributed by atoms with van der Waals surface area (Å²) in [6, 6.07) is 0.404. The van der Waals surface area contributed by atoms with Gasteiger partial charge in [-0.3, -0.25) is 4.79 Å². The Balaban J connectivity index is 1.76. The van der Waals surface area contributed by atoms with E-state index in [0.29, 0.717) is 6.04 Å². The molecule has 0 aromatic heterocycles. The molecular formula is C11H19NO2. The largest absolute Gasteiger partial charge is 0.368 e. The normalized spacial score (nSPS) is 37.4. The van der Waals surface area contributed by atoms with Gasteiger partial charge < -0.3 is 10.1 Å². The lowest BCUT2D eigenvalue weighted by molar-refractivity contribution is -0.130. The highest BCUT2D eigenvalue weighted by molar-refractivity contribution is 5.81. The molecule has 3 heteroatoms. The van der Waals surface area contributed by atoms with Gasteiger partial charge in [-0.15, -0.1) is 0 Å². The minimum atomic E-state index is -0.161. The molecule has 3 nitrogen and oxygen atoms in total. The van der Waals surface area contributed by atoms with E-state index in [9.17, 15) is 4.79 Å². The summed E-state index contributed by atoms with van der Waals surface area (Å²) >= 11 is 0. The SMILES string of the molecule is C[C@@H]1CCC(NC(=O)[C@@H]2CCCO2)C1. The van der Waals surface area contributed by atoms with Crippen LogP contribution in [0.3, 0.4) is 0 Å². The summed E-state index contributed by atoms with van der Waals surface area (Å²) in [4.78, 5) is 11.7. The van der Waals surface area contributed by atoms with E-state index >= 15 is 0 Å². The smallest absolute Gasteiger partial charge is 0.249 e. The highest BCUT2D eigenvalue weighted by atomic mass is 16.5. The lowest BCUT2D eigenvalue weighted by atomic mass is 10.1. The van der Waals surface area contributed by atoms with E-state index in [-0.39, 0.29) is 12.0 Å². The van der Waals surface area contributed by atoms with Crippen molar-refractivity contribution in [2.45, 2.75) is 51.2 Å². The molecule has 3 atom stereocenters. The van der Waals surface area contributed by atoms with Crippen molar-refractivity contribution in [2.75, 3.05) is 6.61 Å². The maximum absolute atomic E-state index is 11.7. The summed E-state index contributed by atoms with van der Waals surface area (Å²) in [5.74, 6) is 0.881. The van der Waals surface area contributed by atoms with Crippen LogP contribution >= 0.6 is 0 Å². The van der Waals surface area contributed by atoms with Crippen LogP contribution in [0.5, 0.6) is 0 Å². The van der Waals surface area contributed by atoms with E-state index in [1.54, 1.807) is 0 Å². The molecule has 2 rings (SSSR count). The molecule has 1 N–H and O–H groups in total. The first kappa shape index (κ1) is 9.97. The van der Waals surface area contributed by atoms with Crippen molar-refractivity contribution in [2.24, 2.45) is 5.92 Å². The van der Waals surface area contributed by atoms with E-state index < -0.39 is 0 Å². The van der Waals surface area contributed by atoms with Gasteiger partial charge in [0.25, 0.3) is 0 Å². The molecule has 0 bridgehead atoms. The lowest BCUT2D eigenvalue weighted by Gasteiger charge is -2.15. The summed E-state index contributed by atoms with van der Waals surface area (Å²) in [6.45, 7) is 3.00. The van der Waals surface area contributed by atoms with Crippen molar-refractivity contribution < 1.29 is 9.53 Å². The maximum atomic E-state index is 11.7. The molecule has 0 aromatic rings. The third-order valence-electron chi connectivity index (χ3n) is 3.26. The quantitative estimate of drug-likeness (QED) is 0.728. The standard InChI is InChI=1S/C11H19NO2/c1-8-4-5-9(7-8)12-11(13)10-3-2-6-14-10/h8-10H,2-7H2,1H3,(H,12,13)/t8-,9?,10+/m1/s1. The highest BCUT2D eigenvalue weighted by Crippen LogP contribution is 2.25. The topological polar surface area (TPSA) is 38.3 Å². The van der Waals surface area contributed by atoms with Crippen LogP contribution in [0.1, 0.15) is 39.0 Å². The second kappa shape index (κ2) is 4.30. The first-order valence-electron chi connectivity index (χ1n) is 5.67. The van der Waals surface area contributed by atoms with Crippen molar-refractivity contribution in [1.82, 2.24) is 5.32 Å². The zero-order valence-corrected chi connectivity index (χ0v) is 8.79. The van der Waals surface area contributed by atoms with Gasteiger partial charge in [-0.25, -0.2) is 0 Å². The fourth-order valence-electron chi connectivity index (χ4n) is 2.42. The molecule has 14 heavy (non-hydrogen) atoms. The predicted molar refractivity (Wildman–Crippen MR) is 53.9 cm³/mol. The third kappa shape index (κ3) is 2.27. The van der Waals surface area contributed by atoms with Crippen LogP contribution in [0.25, 0.3) is 0 Å². The molecule has 0 spiro atoms. The molecule has 1 aliphatic carbocycles. The van der Waals surface area contributed by atoms with Gasteiger partial charge in [0.05, 0.1) is 0 Å². The highest BCUT2D eigenvalue weighted by Gasteiger charge is 2.28. The monoisotopic (exact) mass is 197 g/mol. The number of carbonyl (C=O) groups excluding carboxylic acids is 1. The zero-order chi connectivity index (χ0) is 9.97. The molecular weight excluding hydrogens is 178 g/mol. The Morgan fingerprint density at radius 3 is 2.79 bits per heavy atom. The number of carbonyl (C=O) groups is 1. The molecule has 1 aliphatic heterocycles. The Hall–Kier alpha value is -0.570. The predicted octanol–water partition coefficient (Wildman–Crippen LogP) is 1.47. The fourth-order valence-corrected chi connectivity index (χ4v) is 2.42. The second-order valence-corrected chi connectivity index (χ2v) is 4.63. The molecule has 1 heterocycles. The van der Waals surface area contributed by atoms with Gasteiger partial charge in [0.1, 0.15) is 6.10 Å². The average molecular weight is 197 g/mol. The second-order valence-electron chi connectivity index (χ2n) is 4.63. The van der Waals surface area contributed by atoms with E-state index in [4.69, 9.17) is 4.74 Å². The van der Waals surface area contributed by atoms with E-state index in [1.807, 2.05) is 0 Å². The first-order chi connectivity index (χ1) is 6.75. The number of amides is 1. The van der Waals surface area contributed by atoms with Gasteiger partial charge in [-0.1, -0.05) is 6.92 Å². The lowest BCUT2D eigenvalue weighted by Crippen LogP contribution is -2.40. The Morgan fingerprint density at radius 2 is 2.21 bits per heavy atom. The maximum Gasteiger partial charge on any atom is 0.249 e. The van der Waals surface area contributed by atoms with Crippen molar-refractivity contribution in [1.29, 1.82) is 0 Å². The Bertz CT molecular complexity index is 211. The van der Waals surface area contributed by atoms with Crippen molar-refractivity contribution in [3.05, 3.63) is 0 Å².